The van der Waals surface area contributed by atoms with E-state index in [1.807, 2.05) is 6.07 Å². The molecule has 0 N–H and O–H groups in total. The van der Waals surface area contributed by atoms with Crippen LogP contribution in [0.4, 0.5) is 0 Å². The highest BCUT2D eigenvalue weighted by Crippen LogP contribution is 2.59. The minimum absolute atomic E-state index is 0.537. The van der Waals surface area contributed by atoms with E-state index in [9.17, 15) is 0 Å². The number of benzene rings is 11. The van der Waals surface area contributed by atoms with Gasteiger partial charge in [0.25, 0.3) is 0 Å². The Labute approximate surface area is 335 Å². The van der Waals surface area contributed by atoms with E-state index in [1.54, 1.807) is 0 Å². The van der Waals surface area contributed by atoms with Crippen molar-refractivity contribution in [3.63, 3.8) is 0 Å². The van der Waals surface area contributed by atoms with Crippen LogP contribution in [-0.2, 0) is 5.41 Å². The number of furan rings is 1. The third-order valence-electron chi connectivity index (χ3n) is 13.1. The molecule has 1 nitrogen and oxygen atoms in total. The van der Waals surface area contributed by atoms with Crippen LogP contribution in [0.1, 0.15) is 22.3 Å². The van der Waals surface area contributed by atoms with Gasteiger partial charge in [-0.15, -0.1) is 0 Å². The Hall–Kier alpha value is -7.48. The summed E-state index contributed by atoms with van der Waals surface area (Å²) >= 11 is 0. The lowest BCUT2D eigenvalue weighted by Crippen LogP contribution is -2.28. The number of hydrogen-bond acceptors (Lipinski definition) is 1. The molecule has 12 aromatic rings. The Morgan fingerprint density at radius 3 is 1.69 bits per heavy atom. The van der Waals surface area contributed by atoms with E-state index in [0.717, 1.165) is 27.5 Å². The second kappa shape index (κ2) is 11.8. The van der Waals surface area contributed by atoms with Crippen molar-refractivity contribution in [3.05, 3.63) is 229 Å². The molecular formula is C57H34O. The molecule has 13 rings (SSSR count). The second-order valence-corrected chi connectivity index (χ2v) is 15.9. The maximum absolute atomic E-state index is 6.38. The van der Waals surface area contributed by atoms with Crippen molar-refractivity contribution in [2.75, 3.05) is 0 Å². The Morgan fingerprint density at radius 1 is 0.310 bits per heavy atom. The van der Waals surface area contributed by atoms with Gasteiger partial charge in [-0.05, 0) is 123 Å². The molecule has 1 aromatic heterocycles. The summed E-state index contributed by atoms with van der Waals surface area (Å²) in [4.78, 5) is 0. The summed E-state index contributed by atoms with van der Waals surface area (Å²) in [5.74, 6) is 0. The molecule has 0 atom stereocenters. The van der Waals surface area contributed by atoms with Gasteiger partial charge in [0.05, 0.1) is 5.41 Å². The van der Waals surface area contributed by atoms with Gasteiger partial charge < -0.3 is 4.42 Å². The minimum Gasteiger partial charge on any atom is -0.456 e. The quantitative estimate of drug-likeness (QED) is 0.164. The highest BCUT2D eigenvalue weighted by molar-refractivity contribution is 6.25. The highest BCUT2D eigenvalue weighted by atomic mass is 16.3. The maximum atomic E-state index is 6.38. The molecule has 0 saturated heterocycles. The van der Waals surface area contributed by atoms with Gasteiger partial charge in [-0.25, -0.2) is 0 Å². The molecule has 0 bridgehead atoms. The predicted molar refractivity (Wildman–Crippen MR) is 243 cm³/mol. The lowest BCUT2D eigenvalue weighted by atomic mass is 9.67. The van der Waals surface area contributed by atoms with Gasteiger partial charge >= 0.3 is 0 Å². The Kier molecular flexibility index (Phi) is 6.43. The summed E-state index contributed by atoms with van der Waals surface area (Å²) < 4.78 is 6.38. The second-order valence-electron chi connectivity index (χ2n) is 15.9. The summed E-state index contributed by atoms with van der Waals surface area (Å²) in [6.45, 7) is 0. The van der Waals surface area contributed by atoms with E-state index in [-0.39, 0.29) is 0 Å². The Balaban J connectivity index is 1.10. The van der Waals surface area contributed by atoms with E-state index in [1.165, 1.54) is 93.2 Å². The van der Waals surface area contributed by atoms with Gasteiger partial charge in [-0.3, -0.25) is 0 Å². The third-order valence-corrected chi connectivity index (χ3v) is 13.1. The van der Waals surface area contributed by atoms with E-state index in [0.29, 0.717) is 0 Å². The number of rotatable bonds is 4. The molecule has 1 aliphatic rings. The molecule has 0 unspecified atom stereocenters. The standard InChI is InChI=1S/C57H34O/c1-3-13-40(14-4-1)57(41-15-5-2-6-16-41)50-32-31-44-42(39-25-28-46-45-17-7-8-20-52(45)58-53(46)34-39)18-10-19-47(44)56(50)49-30-26-38(33-51(49)57)43-27-23-37-22-21-35-11-9-12-36-24-29-48(43)55(37)54(35)36/h1-34H. The largest absolute Gasteiger partial charge is 0.456 e. The van der Waals surface area contributed by atoms with Crippen LogP contribution in [-0.4, -0.2) is 0 Å². The molecule has 268 valence electrons. The molecule has 58 heavy (non-hydrogen) atoms. The fraction of sp³-hybridized carbons (Fsp3) is 0.0175. The van der Waals surface area contributed by atoms with Crippen molar-refractivity contribution in [2.45, 2.75) is 5.41 Å². The molecule has 0 radical (unpaired) electrons. The van der Waals surface area contributed by atoms with Crippen LogP contribution in [0.2, 0.25) is 0 Å². The number of hydrogen-bond donors (Lipinski definition) is 0. The monoisotopic (exact) mass is 734 g/mol. The molecule has 0 spiro atoms. The first-order valence-corrected chi connectivity index (χ1v) is 20.2. The van der Waals surface area contributed by atoms with E-state index < -0.39 is 5.41 Å². The van der Waals surface area contributed by atoms with Crippen molar-refractivity contribution in [2.24, 2.45) is 0 Å². The van der Waals surface area contributed by atoms with Crippen molar-refractivity contribution >= 4 is 65.0 Å². The van der Waals surface area contributed by atoms with E-state index in [4.69, 9.17) is 4.42 Å². The molecular weight excluding hydrogens is 701 g/mol. The van der Waals surface area contributed by atoms with Crippen LogP contribution in [0.25, 0.3) is 98.4 Å². The molecule has 11 aromatic carbocycles. The predicted octanol–water partition coefficient (Wildman–Crippen LogP) is 15.3. The number of fused-ring (bicyclic) bond motifs is 8. The smallest absolute Gasteiger partial charge is 0.136 e. The van der Waals surface area contributed by atoms with Crippen LogP contribution in [0.5, 0.6) is 0 Å². The van der Waals surface area contributed by atoms with Gasteiger partial charge in [0.1, 0.15) is 11.2 Å². The average molecular weight is 735 g/mol. The molecule has 0 amide bonds. The summed E-state index contributed by atoms with van der Waals surface area (Å²) in [7, 11) is 0. The van der Waals surface area contributed by atoms with Crippen LogP contribution < -0.4 is 0 Å². The SMILES string of the molecule is c1ccc(C2(c3ccccc3)c3cc(-c4ccc5ccc6cccc7ccc4c5c67)ccc3-c3c2ccc2c(-c4ccc5c(c4)oc4ccccc45)cccc32)cc1. The number of para-hydroxylation sites is 1. The first kappa shape index (κ1) is 31.7. The Morgan fingerprint density at radius 2 is 0.879 bits per heavy atom. The van der Waals surface area contributed by atoms with Crippen molar-refractivity contribution in [1.82, 2.24) is 0 Å². The van der Waals surface area contributed by atoms with Gasteiger partial charge in [0.2, 0.25) is 0 Å². The van der Waals surface area contributed by atoms with Crippen LogP contribution in [0, 0.1) is 0 Å². The lowest BCUT2D eigenvalue weighted by Gasteiger charge is -2.34. The molecule has 0 aliphatic heterocycles. The van der Waals surface area contributed by atoms with E-state index >= 15 is 0 Å². The van der Waals surface area contributed by atoms with Gasteiger partial charge in [0.15, 0.2) is 0 Å². The van der Waals surface area contributed by atoms with Crippen molar-refractivity contribution < 1.29 is 4.42 Å². The van der Waals surface area contributed by atoms with Crippen molar-refractivity contribution in [1.29, 1.82) is 0 Å². The maximum Gasteiger partial charge on any atom is 0.136 e. The molecule has 1 heteroatoms. The molecule has 0 saturated carbocycles. The van der Waals surface area contributed by atoms with Gasteiger partial charge in [-0.2, -0.15) is 0 Å². The Bertz CT molecular complexity index is 3550. The van der Waals surface area contributed by atoms with E-state index in [2.05, 4.69) is 200 Å². The highest BCUT2D eigenvalue weighted by Gasteiger charge is 2.47. The third kappa shape index (κ3) is 4.20. The normalized spacial score (nSPS) is 13.3. The van der Waals surface area contributed by atoms with Crippen LogP contribution in [0.15, 0.2) is 211 Å². The van der Waals surface area contributed by atoms with Gasteiger partial charge in [0, 0.05) is 10.8 Å². The molecule has 1 aliphatic carbocycles. The average Bonchev–Trinajstić information content (AvgIpc) is 3.82. The summed E-state index contributed by atoms with van der Waals surface area (Å²) in [5.41, 5.74) is 13.9. The zero-order chi connectivity index (χ0) is 38.0. The fourth-order valence-corrected chi connectivity index (χ4v) is 10.6. The fourth-order valence-electron chi connectivity index (χ4n) is 10.6. The molecule has 1 heterocycles. The summed E-state index contributed by atoms with van der Waals surface area (Å²) in [5, 5.41) is 12.6. The topological polar surface area (TPSA) is 13.1 Å². The van der Waals surface area contributed by atoms with Crippen LogP contribution >= 0.6 is 0 Å². The molecule has 0 fully saturated rings. The van der Waals surface area contributed by atoms with Gasteiger partial charge in [-0.1, -0.05) is 182 Å². The summed E-state index contributed by atoms with van der Waals surface area (Å²) in [6, 6.07) is 76.6. The zero-order valence-electron chi connectivity index (χ0n) is 31.5. The zero-order valence-corrected chi connectivity index (χ0v) is 31.5. The summed E-state index contributed by atoms with van der Waals surface area (Å²) in [6.07, 6.45) is 0. The first-order valence-electron chi connectivity index (χ1n) is 20.2. The van der Waals surface area contributed by atoms with Crippen molar-refractivity contribution in [3.8, 4) is 33.4 Å². The lowest BCUT2D eigenvalue weighted by molar-refractivity contribution is 0.669. The van der Waals surface area contributed by atoms with Crippen LogP contribution in [0.3, 0.4) is 0 Å². The first-order chi connectivity index (χ1) is 28.8. The minimum atomic E-state index is -0.537.